The lowest BCUT2D eigenvalue weighted by atomic mass is 10.2. The van der Waals surface area contributed by atoms with Gasteiger partial charge in [0.25, 0.3) is 0 Å². The standard InChI is InChI=1S/C14H29NO4/c1-5-9-17-11-7-12-18-10-6-8-15-13(16)19-14(2,3)4/h5-12H2,1-4H3,(H,15,16). The molecular formula is C14H29NO4. The number of carbonyl (C=O) groups is 1. The fraction of sp³-hybridized carbons (Fsp3) is 0.929. The van der Waals surface area contributed by atoms with E-state index >= 15 is 0 Å². The van der Waals surface area contributed by atoms with Crippen molar-refractivity contribution >= 4 is 6.09 Å². The van der Waals surface area contributed by atoms with Crippen molar-refractivity contribution in [2.45, 2.75) is 52.6 Å². The quantitative estimate of drug-likeness (QED) is 0.623. The van der Waals surface area contributed by atoms with Crippen LogP contribution in [0.2, 0.25) is 0 Å². The van der Waals surface area contributed by atoms with Crippen molar-refractivity contribution in [3.8, 4) is 0 Å². The summed E-state index contributed by atoms with van der Waals surface area (Å²) in [7, 11) is 0. The van der Waals surface area contributed by atoms with E-state index in [0.717, 1.165) is 32.5 Å². The molecule has 0 aliphatic heterocycles. The smallest absolute Gasteiger partial charge is 0.407 e. The highest BCUT2D eigenvalue weighted by molar-refractivity contribution is 5.67. The maximum atomic E-state index is 11.3. The number of ether oxygens (including phenoxy) is 3. The molecule has 0 spiro atoms. The summed E-state index contributed by atoms with van der Waals surface area (Å²) in [6.45, 7) is 11.1. The van der Waals surface area contributed by atoms with E-state index in [2.05, 4.69) is 12.2 Å². The van der Waals surface area contributed by atoms with E-state index in [0.29, 0.717) is 19.8 Å². The highest BCUT2D eigenvalue weighted by Gasteiger charge is 2.15. The van der Waals surface area contributed by atoms with Crippen LogP contribution in [0.5, 0.6) is 0 Å². The van der Waals surface area contributed by atoms with Crippen LogP contribution in [0.3, 0.4) is 0 Å². The van der Waals surface area contributed by atoms with Gasteiger partial charge in [-0.15, -0.1) is 0 Å². The van der Waals surface area contributed by atoms with E-state index < -0.39 is 5.60 Å². The maximum Gasteiger partial charge on any atom is 0.407 e. The maximum absolute atomic E-state index is 11.3. The fourth-order valence-corrected chi connectivity index (χ4v) is 1.29. The third-order valence-electron chi connectivity index (χ3n) is 2.06. The zero-order valence-corrected chi connectivity index (χ0v) is 12.8. The van der Waals surface area contributed by atoms with E-state index in [1.54, 1.807) is 0 Å². The van der Waals surface area contributed by atoms with E-state index in [4.69, 9.17) is 14.2 Å². The second kappa shape index (κ2) is 11.1. The van der Waals surface area contributed by atoms with Crippen molar-refractivity contribution in [2.24, 2.45) is 0 Å². The predicted molar refractivity (Wildman–Crippen MR) is 75.4 cm³/mol. The monoisotopic (exact) mass is 275 g/mol. The van der Waals surface area contributed by atoms with Crippen LogP contribution in [0.15, 0.2) is 0 Å². The first-order chi connectivity index (χ1) is 8.95. The van der Waals surface area contributed by atoms with Gasteiger partial charge in [0.2, 0.25) is 0 Å². The molecule has 0 aromatic rings. The molecule has 0 bridgehead atoms. The molecule has 0 aromatic heterocycles. The first-order valence-electron chi connectivity index (χ1n) is 7.08. The molecule has 1 amide bonds. The van der Waals surface area contributed by atoms with Gasteiger partial charge in [-0.25, -0.2) is 4.79 Å². The number of amides is 1. The summed E-state index contributed by atoms with van der Waals surface area (Å²) < 4.78 is 15.9. The lowest BCUT2D eigenvalue weighted by molar-refractivity contribution is 0.0516. The van der Waals surface area contributed by atoms with E-state index in [-0.39, 0.29) is 6.09 Å². The topological polar surface area (TPSA) is 56.8 Å². The van der Waals surface area contributed by atoms with Crippen molar-refractivity contribution in [1.82, 2.24) is 5.32 Å². The van der Waals surface area contributed by atoms with E-state index in [1.165, 1.54) is 0 Å². The van der Waals surface area contributed by atoms with Crippen LogP contribution in [-0.4, -0.2) is 44.7 Å². The molecule has 5 nitrogen and oxygen atoms in total. The molecule has 0 saturated carbocycles. The summed E-state index contributed by atoms with van der Waals surface area (Å²) in [5.41, 5.74) is -0.445. The average molecular weight is 275 g/mol. The Morgan fingerprint density at radius 1 is 1.00 bits per heavy atom. The summed E-state index contributed by atoms with van der Waals surface area (Å²) in [6.07, 6.45) is 2.38. The van der Waals surface area contributed by atoms with Crippen LogP contribution >= 0.6 is 0 Å². The molecule has 0 radical (unpaired) electrons. The summed E-state index contributed by atoms with van der Waals surface area (Å²) in [5.74, 6) is 0. The van der Waals surface area contributed by atoms with Gasteiger partial charge in [-0.1, -0.05) is 6.92 Å². The van der Waals surface area contributed by atoms with Gasteiger partial charge < -0.3 is 19.5 Å². The lowest BCUT2D eigenvalue weighted by Gasteiger charge is -2.19. The van der Waals surface area contributed by atoms with Crippen LogP contribution in [0.4, 0.5) is 4.79 Å². The second-order valence-corrected chi connectivity index (χ2v) is 5.36. The number of hydrogen-bond donors (Lipinski definition) is 1. The Morgan fingerprint density at radius 3 is 2.16 bits per heavy atom. The molecule has 0 fully saturated rings. The van der Waals surface area contributed by atoms with Gasteiger partial charge in [-0.05, 0) is 40.0 Å². The number of nitrogens with one attached hydrogen (secondary N) is 1. The lowest BCUT2D eigenvalue weighted by Crippen LogP contribution is -2.33. The molecule has 0 aliphatic rings. The van der Waals surface area contributed by atoms with Crippen molar-refractivity contribution in [3.63, 3.8) is 0 Å². The third kappa shape index (κ3) is 15.1. The largest absolute Gasteiger partial charge is 0.444 e. The van der Waals surface area contributed by atoms with Crippen LogP contribution in [0, 0.1) is 0 Å². The number of rotatable bonds is 10. The molecule has 0 aliphatic carbocycles. The molecule has 19 heavy (non-hydrogen) atoms. The minimum absolute atomic E-state index is 0.375. The van der Waals surface area contributed by atoms with E-state index in [9.17, 15) is 4.79 Å². The summed E-state index contributed by atoms with van der Waals surface area (Å²) >= 11 is 0. The zero-order chi connectivity index (χ0) is 14.6. The minimum atomic E-state index is -0.445. The SMILES string of the molecule is CCCOCCCOCCCNC(=O)OC(C)(C)C. The minimum Gasteiger partial charge on any atom is -0.444 e. The Balaban J connectivity index is 3.21. The van der Waals surface area contributed by atoms with Crippen LogP contribution in [-0.2, 0) is 14.2 Å². The molecule has 0 aromatic carbocycles. The highest BCUT2D eigenvalue weighted by atomic mass is 16.6. The molecule has 114 valence electrons. The Bertz CT molecular complexity index is 226. The van der Waals surface area contributed by atoms with Crippen molar-refractivity contribution in [3.05, 3.63) is 0 Å². The van der Waals surface area contributed by atoms with Gasteiger partial charge in [-0.2, -0.15) is 0 Å². The van der Waals surface area contributed by atoms with Crippen LogP contribution in [0.25, 0.3) is 0 Å². The molecule has 5 heteroatoms. The summed E-state index contributed by atoms with van der Waals surface area (Å²) in [4.78, 5) is 11.3. The average Bonchev–Trinajstić information content (AvgIpc) is 2.29. The zero-order valence-electron chi connectivity index (χ0n) is 12.8. The second-order valence-electron chi connectivity index (χ2n) is 5.36. The molecule has 0 atom stereocenters. The van der Waals surface area contributed by atoms with Gasteiger partial charge >= 0.3 is 6.09 Å². The van der Waals surface area contributed by atoms with E-state index in [1.807, 2.05) is 20.8 Å². The third-order valence-corrected chi connectivity index (χ3v) is 2.06. The number of alkyl carbamates (subject to hydrolysis) is 1. The van der Waals surface area contributed by atoms with Crippen LogP contribution in [0.1, 0.15) is 47.0 Å². The first kappa shape index (κ1) is 18.2. The molecule has 0 saturated heterocycles. The highest BCUT2D eigenvalue weighted by Crippen LogP contribution is 2.06. The Hall–Kier alpha value is -0.810. The van der Waals surface area contributed by atoms with Gasteiger partial charge in [0.15, 0.2) is 0 Å². The van der Waals surface area contributed by atoms with Gasteiger partial charge in [0, 0.05) is 33.0 Å². The summed E-state index contributed by atoms with van der Waals surface area (Å²) in [6, 6.07) is 0. The predicted octanol–water partition coefficient (Wildman–Crippen LogP) is 2.73. The molecular weight excluding hydrogens is 246 g/mol. The van der Waals surface area contributed by atoms with Crippen molar-refractivity contribution in [2.75, 3.05) is 33.0 Å². The van der Waals surface area contributed by atoms with Crippen LogP contribution < -0.4 is 5.32 Å². The van der Waals surface area contributed by atoms with Gasteiger partial charge in [-0.3, -0.25) is 0 Å². The fourth-order valence-electron chi connectivity index (χ4n) is 1.29. The molecule has 0 heterocycles. The van der Waals surface area contributed by atoms with Gasteiger partial charge in [0.1, 0.15) is 5.60 Å². The molecule has 0 unspecified atom stereocenters. The Morgan fingerprint density at radius 2 is 1.58 bits per heavy atom. The molecule has 0 rings (SSSR count). The van der Waals surface area contributed by atoms with Crippen molar-refractivity contribution in [1.29, 1.82) is 0 Å². The Labute approximate surface area is 117 Å². The Kier molecular flexibility index (Phi) is 10.6. The normalized spacial score (nSPS) is 11.4. The molecule has 1 N–H and O–H groups in total. The number of hydrogen-bond acceptors (Lipinski definition) is 4. The van der Waals surface area contributed by atoms with Crippen molar-refractivity contribution < 1.29 is 19.0 Å². The summed E-state index contributed by atoms with van der Waals surface area (Å²) in [5, 5.41) is 2.69. The number of carbonyl (C=O) groups excluding carboxylic acids is 1. The van der Waals surface area contributed by atoms with Gasteiger partial charge in [0.05, 0.1) is 0 Å². The first-order valence-corrected chi connectivity index (χ1v) is 7.08.